The molecule has 4 nitrogen and oxygen atoms in total. The fourth-order valence-corrected chi connectivity index (χ4v) is 1.07. The van der Waals surface area contributed by atoms with Crippen LogP contribution >= 0.6 is 0 Å². The molecule has 0 saturated carbocycles. The Bertz CT molecular complexity index is 106. The number of nitrogens with one attached hydrogen (secondary N) is 1. The highest BCUT2D eigenvalue weighted by Gasteiger charge is 2.33. The summed E-state index contributed by atoms with van der Waals surface area (Å²) in [5.41, 5.74) is 0. The molecule has 1 saturated heterocycles. The van der Waals surface area contributed by atoms with Crippen LogP contribution in [-0.4, -0.2) is 46.2 Å². The highest BCUT2D eigenvalue weighted by atomic mass is 16.4. The predicted octanol–water partition coefficient (Wildman–Crippen LogP) is -1.94. The number of β-amino-alcohol motifs (C(OH)–C–C–N with tert-alkyl or cyclic N) is 1. The zero-order valence-electron chi connectivity index (χ0n) is 5.86. The van der Waals surface area contributed by atoms with E-state index >= 15 is 0 Å². The molecule has 0 amide bonds. The third-order valence-electron chi connectivity index (χ3n) is 1.91. The van der Waals surface area contributed by atoms with E-state index in [0.717, 1.165) is 0 Å². The van der Waals surface area contributed by atoms with E-state index in [1.165, 1.54) is 0 Å². The minimum absolute atomic E-state index is 0.140. The van der Waals surface area contributed by atoms with E-state index in [2.05, 4.69) is 5.32 Å². The Hall–Kier alpha value is -0.160. The molecular weight excluding hydrogens is 134 g/mol. The van der Waals surface area contributed by atoms with Crippen molar-refractivity contribution in [3.05, 3.63) is 0 Å². The van der Waals surface area contributed by atoms with Gasteiger partial charge in [0.15, 0.2) is 0 Å². The Balaban J connectivity index is 2.52. The van der Waals surface area contributed by atoms with E-state index in [9.17, 15) is 0 Å². The number of aliphatic hydroxyl groups excluding tert-OH is 3. The summed E-state index contributed by atoms with van der Waals surface area (Å²) in [5, 5.41) is 30.1. The summed E-state index contributed by atoms with van der Waals surface area (Å²) in [6.45, 7) is 2.11. The number of hydrogen-bond donors (Lipinski definition) is 4. The van der Waals surface area contributed by atoms with Gasteiger partial charge in [-0.25, -0.2) is 0 Å². The molecule has 1 rings (SSSR count). The molecule has 0 spiro atoms. The molecule has 4 heteroatoms. The van der Waals surface area contributed by atoms with Crippen LogP contribution in [0.15, 0.2) is 0 Å². The van der Waals surface area contributed by atoms with Crippen LogP contribution in [0.3, 0.4) is 0 Å². The van der Waals surface area contributed by atoms with E-state index in [0.29, 0.717) is 6.54 Å². The van der Waals surface area contributed by atoms with Gasteiger partial charge in [-0.2, -0.15) is 0 Å². The van der Waals surface area contributed by atoms with Crippen LogP contribution in [0, 0.1) is 0 Å². The Labute approximate surface area is 59.5 Å². The summed E-state index contributed by atoms with van der Waals surface area (Å²) in [4.78, 5) is 0. The molecule has 3 unspecified atom stereocenters. The van der Waals surface area contributed by atoms with Crippen LogP contribution in [-0.2, 0) is 0 Å². The summed E-state index contributed by atoms with van der Waals surface area (Å²) >= 11 is 0. The smallest absolute Gasteiger partial charge is 0.108 e. The molecule has 0 aromatic heterocycles. The molecule has 60 valence electrons. The van der Waals surface area contributed by atoms with Crippen LogP contribution < -0.4 is 5.32 Å². The molecule has 1 aliphatic rings. The van der Waals surface area contributed by atoms with E-state index in [1.54, 1.807) is 6.92 Å². The lowest BCUT2D eigenvalue weighted by atomic mass is 9.98. The Morgan fingerprint density at radius 3 is 2.30 bits per heavy atom. The van der Waals surface area contributed by atoms with Crippen molar-refractivity contribution >= 4 is 0 Å². The minimum Gasteiger partial charge on any atom is -0.389 e. The van der Waals surface area contributed by atoms with Gasteiger partial charge in [-0.1, -0.05) is 0 Å². The Morgan fingerprint density at radius 1 is 1.20 bits per heavy atom. The van der Waals surface area contributed by atoms with Crippen LogP contribution in [0.25, 0.3) is 0 Å². The first-order chi connectivity index (χ1) is 4.63. The van der Waals surface area contributed by atoms with Gasteiger partial charge in [-0.05, 0) is 6.92 Å². The largest absolute Gasteiger partial charge is 0.389 e. The molecule has 10 heavy (non-hydrogen) atoms. The zero-order chi connectivity index (χ0) is 7.72. The minimum atomic E-state index is -1.00. The average Bonchev–Trinajstić information content (AvgIpc) is 1.93. The normalized spacial score (nSPS) is 49.2. The Kier molecular flexibility index (Phi) is 2.25. The summed E-state index contributed by atoms with van der Waals surface area (Å²) in [7, 11) is 0. The summed E-state index contributed by atoms with van der Waals surface area (Å²) in [6, 6.07) is -0.140. The van der Waals surface area contributed by atoms with E-state index < -0.39 is 18.3 Å². The maximum atomic E-state index is 9.14. The van der Waals surface area contributed by atoms with Crippen molar-refractivity contribution in [2.45, 2.75) is 31.3 Å². The van der Waals surface area contributed by atoms with Crippen molar-refractivity contribution < 1.29 is 15.3 Å². The lowest BCUT2D eigenvalue weighted by Gasteiger charge is -2.33. The van der Waals surface area contributed by atoms with Crippen molar-refractivity contribution in [2.24, 2.45) is 0 Å². The van der Waals surface area contributed by atoms with Crippen LogP contribution in [0.2, 0.25) is 0 Å². The Morgan fingerprint density at radius 2 is 1.80 bits per heavy atom. The molecule has 0 aromatic rings. The summed E-state index contributed by atoms with van der Waals surface area (Å²) in [5.74, 6) is 0. The van der Waals surface area contributed by atoms with Crippen LogP contribution in [0.4, 0.5) is 0 Å². The number of rotatable bonds is 0. The van der Waals surface area contributed by atoms with Gasteiger partial charge in [-0.3, -0.25) is 0 Å². The molecule has 0 radical (unpaired) electrons. The van der Waals surface area contributed by atoms with Gasteiger partial charge < -0.3 is 20.6 Å². The molecule has 0 bridgehead atoms. The standard InChI is InChI=1S/C6H13NO3/c1-3-5(9)6(10)4(8)2-7-3/h3-10H,2H2,1H3/t3-,4?,5?,6?/m0/s1. The maximum absolute atomic E-state index is 9.14. The fraction of sp³-hybridized carbons (Fsp3) is 1.00. The van der Waals surface area contributed by atoms with Crippen molar-refractivity contribution in [3.8, 4) is 0 Å². The van der Waals surface area contributed by atoms with Crippen molar-refractivity contribution in [2.75, 3.05) is 6.54 Å². The quantitative estimate of drug-likeness (QED) is 0.322. The van der Waals surface area contributed by atoms with Gasteiger partial charge in [0.05, 0.1) is 12.2 Å². The molecule has 1 heterocycles. The monoisotopic (exact) mass is 147 g/mol. The SMILES string of the molecule is C[C@@H]1NCC(O)C(O)C1O. The first-order valence-electron chi connectivity index (χ1n) is 3.40. The fourth-order valence-electron chi connectivity index (χ4n) is 1.07. The summed E-state index contributed by atoms with van der Waals surface area (Å²) < 4.78 is 0. The van der Waals surface area contributed by atoms with Crippen LogP contribution in [0.1, 0.15) is 6.92 Å². The molecule has 1 aliphatic heterocycles. The highest BCUT2D eigenvalue weighted by molar-refractivity contribution is 4.89. The van der Waals surface area contributed by atoms with E-state index in [-0.39, 0.29) is 6.04 Å². The molecule has 1 fully saturated rings. The lowest BCUT2D eigenvalue weighted by Crippen LogP contribution is -2.58. The van der Waals surface area contributed by atoms with Gasteiger partial charge in [0.1, 0.15) is 6.10 Å². The van der Waals surface area contributed by atoms with Crippen molar-refractivity contribution in [1.82, 2.24) is 5.32 Å². The third-order valence-corrected chi connectivity index (χ3v) is 1.91. The number of piperidine rings is 1. The number of aliphatic hydroxyl groups is 3. The van der Waals surface area contributed by atoms with E-state index in [4.69, 9.17) is 15.3 Å². The van der Waals surface area contributed by atoms with Crippen LogP contribution in [0.5, 0.6) is 0 Å². The molecule has 0 aliphatic carbocycles. The highest BCUT2D eigenvalue weighted by Crippen LogP contribution is 2.09. The van der Waals surface area contributed by atoms with Gasteiger partial charge in [-0.15, -0.1) is 0 Å². The van der Waals surface area contributed by atoms with E-state index in [1.807, 2.05) is 0 Å². The molecule has 4 atom stereocenters. The van der Waals surface area contributed by atoms with Crippen molar-refractivity contribution in [3.63, 3.8) is 0 Å². The second kappa shape index (κ2) is 2.84. The third kappa shape index (κ3) is 1.29. The van der Waals surface area contributed by atoms with Gasteiger partial charge >= 0.3 is 0 Å². The molecule has 4 N–H and O–H groups in total. The zero-order valence-corrected chi connectivity index (χ0v) is 5.86. The molecular formula is C6H13NO3. The molecule has 0 aromatic carbocycles. The lowest BCUT2D eigenvalue weighted by molar-refractivity contribution is -0.0910. The first-order valence-corrected chi connectivity index (χ1v) is 3.40. The maximum Gasteiger partial charge on any atom is 0.108 e. The second-order valence-corrected chi connectivity index (χ2v) is 2.75. The average molecular weight is 147 g/mol. The topological polar surface area (TPSA) is 72.7 Å². The van der Waals surface area contributed by atoms with Gasteiger partial charge in [0.2, 0.25) is 0 Å². The predicted molar refractivity (Wildman–Crippen MR) is 35.5 cm³/mol. The first kappa shape index (κ1) is 7.94. The van der Waals surface area contributed by atoms with Gasteiger partial charge in [0.25, 0.3) is 0 Å². The van der Waals surface area contributed by atoms with Gasteiger partial charge in [0, 0.05) is 12.6 Å². The van der Waals surface area contributed by atoms with Crippen molar-refractivity contribution in [1.29, 1.82) is 0 Å². The second-order valence-electron chi connectivity index (χ2n) is 2.75. The number of hydrogen-bond acceptors (Lipinski definition) is 4. The summed E-state index contributed by atoms with van der Waals surface area (Å²) in [6.07, 6.45) is -2.70.